The van der Waals surface area contributed by atoms with Crippen molar-refractivity contribution in [1.82, 2.24) is 9.29 Å². The van der Waals surface area contributed by atoms with Crippen LogP contribution in [0.15, 0.2) is 24.4 Å². The van der Waals surface area contributed by atoms with Crippen molar-refractivity contribution in [3.05, 3.63) is 41.2 Å². The van der Waals surface area contributed by atoms with Gasteiger partial charge in [0.2, 0.25) is 0 Å². The van der Waals surface area contributed by atoms with Crippen molar-refractivity contribution in [2.24, 2.45) is 5.73 Å². The van der Waals surface area contributed by atoms with Gasteiger partial charge in [-0.2, -0.15) is 0 Å². The van der Waals surface area contributed by atoms with E-state index in [1.807, 2.05) is 19.9 Å². The van der Waals surface area contributed by atoms with E-state index in [0.717, 1.165) is 47.2 Å². The smallest absolute Gasteiger partial charge is 0.250 e. The van der Waals surface area contributed by atoms with E-state index >= 15 is 0 Å². The van der Waals surface area contributed by atoms with Gasteiger partial charge in [0.15, 0.2) is 0 Å². The zero-order valence-electron chi connectivity index (χ0n) is 15.8. The van der Waals surface area contributed by atoms with E-state index in [9.17, 15) is 13.6 Å². The normalized spacial score (nSPS) is 19.0. The molecule has 1 aliphatic heterocycles. The Morgan fingerprint density at radius 2 is 2.19 bits per heavy atom. The number of allylic oxidation sites excluding steroid dienone is 1. The number of carbonyl (C=O) groups is 1. The molecule has 0 bridgehead atoms. The van der Waals surface area contributed by atoms with Crippen LogP contribution in [0.2, 0.25) is 0 Å². The van der Waals surface area contributed by atoms with E-state index in [0.29, 0.717) is 12.1 Å². The molecule has 3 rings (SSSR count). The molecule has 1 saturated heterocycles. The average Bonchev–Trinajstić information content (AvgIpc) is 2.93. The Balaban J connectivity index is 2.03. The maximum absolute atomic E-state index is 11.8. The number of rotatable bonds is 5. The summed E-state index contributed by atoms with van der Waals surface area (Å²) < 4.78 is 24.6. The quantitative estimate of drug-likeness (QED) is 0.766. The van der Waals surface area contributed by atoms with Crippen LogP contribution in [0.3, 0.4) is 0 Å². The number of benzene rings is 1. The van der Waals surface area contributed by atoms with E-state index in [1.54, 1.807) is 25.3 Å². The minimum Gasteiger partial charge on any atom is -0.755 e. The molecule has 1 amide bonds. The van der Waals surface area contributed by atoms with E-state index in [1.165, 1.54) is 4.31 Å². The van der Waals surface area contributed by atoms with Gasteiger partial charge in [-0.15, -0.1) is 0 Å². The molecule has 0 spiro atoms. The first kappa shape index (κ1) is 19.4. The summed E-state index contributed by atoms with van der Waals surface area (Å²) in [4.78, 5) is 17.3. The maximum atomic E-state index is 11.8. The zero-order chi connectivity index (χ0) is 19.7. The van der Waals surface area contributed by atoms with Gasteiger partial charge in [0.25, 0.3) is 5.91 Å². The number of fused-ring (bicyclic) bond motifs is 1. The van der Waals surface area contributed by atoms with Crippen LogP contribution in [-0.2, 0) is 11.3 Å². The first-order valence-corrected chi connectivity index (χ1v) is 10.1. The molecule has 1 aromatic heterocycles. The largest absolute Gasteiger partial charge is 0.755 e. The fraction of sp³-hybridized carbons (Fsp3) is 0.421. The van der Waals surface area contributed by atoms with Crippen LogP contribution in [0, 0.1) is 13.8 Å². The van der Waals surface area contributed by atoms with Crippen LogP contribution >= 0.6 is 0 Å². The van der Waals surface area contributed by atoms with E-state index < -0.39 is 17.2 Å². The first-order chi connectivity index (χ1) is 12.8. The number of nitrogens with one attached hydrogen (secondary N) is 1. The summed E-state index contributed by atoms with van der Waals surface area (Å²) in [5, 5.41) is 0.977. The van der Waals surface area contributed by atoms with E-state index in [2.05, 4.69) is 9.88 Å². The third kappa shape index (κ3) is 3.59. The Morgan fingerprint density at radius 3 is 2.81 bits per heavy atom. The topological polar surface area (TPSA) is 105 Å². The van der Waals surface area contributed by atoms with Crippen LogP contribution in [0.25, 0.3) is 10.9 Å². The lowest BCUT2D eigenvalue weighted by Gasteiger charge is -2.40. The molecule has 0 radical (unpaired) electrons. The number of nitrogens with zero attached hydrogens (tertiary/aromatic N) is 2. The Kier molecular flexibility index (Phi) is 5.57. The molecule has 0 saturated carbocycles. The van der Waals surface area contributed by atoms with Crippen LogP contribution in [0.5, 0.6) is 0 Å². The molecule has 1 fully saturated rings. The lowest BCUT2D eigenvalue weighted by Crippen LogP contribution is -2.46. The number of nitrogens with two attached hydrogens (primary N) is 1. The summed E-state index contributed by atoms with van der Waals surface area (Å²) >= 11 is -2.31. The molecule has 146 valence electrons. The van der Waals surface area contributed by atoms with Crippen molar-refractivity contribution >= 4 is 33.8 Å². The van der Waals surface area contributed by atoms with Gasteiger partial charge >= 0.3 is 0 Å². The molecule has 3 N–H and O–H groups in total. The summed E-state index contributed by atoms with van der Waals surface area (Å²) in [5.74, 6) is -0.467. The molecule has 2 heterocycles. The number of carbonyl (C=O) groups excluding carboxylic acids is 1. The van der Waals surface area contributed by atoms with Gasteiger partial charge in [-0.05, 0) is 51.3 Å². The summed E-state index contributed by atoms with van der Waals surface area (Å²) in [6.07, 6.45) is 5.03. The maximum Gasteiger partial charge on any atom is 0.250 e. The summed E-state index contributed by atoms with van der Waals surface area (Å²) in [7, 11) is 0. The minimum atomic E-state index is -2.31. The highest BCUT2D eigenvalue weighted by molar-refractivity contribution is 7.76. The molecule has 2 aromatic rings. The van der Waals surface area contributed by atoms with Crippen LogP contribution in [0.4, 0.5) is 5.69 Å². The lowest BCUT2D eigenvalue weighted by molar-refractivity contribution is 0.100. The molecule has 8 heteroatoms. The van der Waals surface area contributed by atoms with Crippen molar-refractivity contribution in [1.29, 1.82) is 0 Å². The molecular formula is C19H25N4O3S-. The highest BCUT2D eigenvalue weighted by Gasteiger charge is 2.27. The fourth-order valence-electron chi connectivity index (χ4n) is 3.86. The third-order valence-electron chi connectivity index (χ3n) is 5.26. The number of aromatic nitrogens is 1. The summed E-state index contributed by atoms with van der Waals surface area (Å²) in [6, 6.07) is 3.53. The number of anilines is 1. The Bertz CT molecular complexity index is 921. The number of aromatic amines is 1. The number of hydrogen-bond donors (Lipinski definition) is 2. The van der Waals surface area contributed by atoms with E-state index in [4.69, 9.17) is 5.73 Å². The average molecular weight is 390 g/mol. The second kappa shape index (κ2) is 7.74. The summed E-state index contributed by atoms with van der Waals surface area (Å²) in [6.45, 7) is 7.21. The molecule has 27 heavy (non-hydrogen) atoms. The number of amides is 1. The SMILES string of the molecule is CC=CN(C1CCCN(c2ccc(C(N)=O)c3[nH]c(C)c(C)c23)C1)S(=O)[O-]. The van der Waals surface area contributed by atoms with Crippen molar-refractivity contribution in [3.63, 3.8) is 0 Å². The number of piperidine rings is 1. The van der Waals surface area contributed by atoms with Gasteiger partial charge in [-0.3, -0.25) is 9.00 Å². The van der Waals surface area contributed by atoms with Gasteiger partial charge in [0.05, 0.1) is 17.1 Å². The van der Waals surface area contributed by atoms with Crippen molar-refractivity contribution in [2.75, 3.05) is 18.0 Å². The monoisotopic (exact) mass is 389 g/mol. The van der Waals surface area contributed by atoms with Gasteiger partial charge in [-0.25, -0.2) is 0 Å². The Hall–Kier alpha value is -2.32. The minimum absolute atomic E-state index is 0.125. The second-order valence-corrected chi connectivity index (χ2v) is 7.78. The van der Waals surface area contributed by atoms with Crippen LogP contribution in [-0.4, -0.2) is 43.1 Å². The zero-order valence-corrected chi connectivity index (χ0v) is 16.6. The molecule has 0 aliphatic carbocycles. The second-order valence-electron chi connectivity index (χ2n) is 6.92. The summed E-state index contributed by atoms with van der Waals surface area (Å²) in [5.41, 5.74) is 9.81. The fourth-order valence-corrected chi connectivity index (χ4v) is 4.50. The number of primary amides is 1. The van der Waals surface area contributed by atoms with Crippen LogP contribution in [0.1, 0.15) is 41.4 Å². The third-order valence-corrected chi connectivity index (χ3v) is 6.03. The van der Waals surface area contributed by atoms with Gasteiger partial charge in [0.1, 0.15) is 0 Å². The van der Waals surface area contributed by atoms with Gasteiger partial charge < -0.3 is 24.5 Å². The highest BCUT2D eigenvalue weighted by Crippen LogP contribution is 2.35. The predicted octanol–water partition coefficient (Wildman–Crippen LogP) is 2.48. The standard InChI is InChI=1S/C19H26N4O3S/c1-4-9-23(27(25)26)14-6-5-10-22(11-14)16-8-7-15(19(20)24)18-17(16)12(2)13(3)21-18/h4,7-9,14,21H,5-6,10-11H2,1-3H3,(H2,20,24)(H,25,26)/p-1. The highest BCUT2D eigenvalue weighted by atomic mass is 32.2. The number of H-pyrrole nitrogens is 1. The number of aryl methyl sites for hydroxylation is 2. The number of hydrogen-bond acceptors (Lipinski definition) is 4. The predicted molar refractivity (Wildman–Crippen MR) is 107 cm³/mol. The Labute approximate surface area is 161 Å². The van der Waals surface area contributed by atoms with E-state index in [-0.39, 0.29) is 6.04 Å². The van der Waals surface area contributed by atoms with Crippen molar-refractivity contribution < 1.29 is 13.6 Å². The molecule has 7 nitrogen and oxygen atoms in total. The first-order valence-electron chi connectivity index (χ1n) is 9.02. The van der Waals surface area contributed by atoms with Crippen LogP contribution < -0.4 is 10.6 Å². The molecule has 2 atom stereocenters. The molecule has 1 aliphatic rings. The van der Waals surface area contributed by atoms with Crippen molar-refractivity contribution in [3.8, 4) is 0 Å². The van der Waals surface area contributed by atoms with Gasteiger partial charge in [0, 0.05) is 47.3 Å². The molecule has 2 unspecified atom stereocenters. The Morgan fingerprint density at radius 1 is 1.44 bits per heavy atom. The van der Waals surface area contributed by atoms with Gasteiger partial charge in [-0.1, -0.05) is 6.08 Å². The molecule has 1 aromatic carbocycles. The van der Waals surface area contributed by atoms with Crippen molar-refractivity contribution in [2.45, 2.75) is 39.7 Å². The lowest BCUT2D eigenvalue weighted by atomic mass is 10.0. The molecular weight excluding hydrogens is 364 g/mol.